The number of anilines is 1. The van der Waals surface area contributed by atoms with Crippen LogP contribution in [0.3, 0.4) is 0 Å². The smallest absolute Gasteiger partial charge is 0.119 e. The van der Waals surface area contributed by atoms with Gasteiger partial charge in [-0.3, -0.25) is 0 Å². The fraction of sp³-hybridized carbons (Fsp3) is 0.200. The number of nitrogens with one attached hydrogen (secondary N) is 1. The summed E-state index contributed by atoms with van der Waals surface area (Å²) in [5, 5.41) is 3.33. The summed E-state index contributed by atoms with van der Waals surface area (Å²) in [7, 11) is 1.65. The highest BCUT2D eigenvalue weighted by Crippen LogP contribution is 2.30. The molecule has 3 nitrogen and oxygen atoms in total. The van der Waals surface area contributed by atoms with E-state index in [2.05, 4.69) is 37.2 Å². The van der Waals surface area contributed by atoms with E-state index in [0.717, 1.165) is 26.1 Å². The van der Waals surface area contributed by atoms with Crippen molar-refractivity contribution in [3.05, 3.63) is 51.4 Å². The van der Waals surface area contributed by atoms with Gasteiger partial charge in [0.25, 0.3) is 0 Å². The molecule has 0 radical (unpaired) electrons. The quantitative estimate of drug-likeness (QED) is 0.712. The number of benzene rings is 2. The third-order valence-electron chi connectivity index (χ3n) is 2.69. The van der Waals surface area contributed by atoms with Crippen LogP contribution in [0.1, 0.15) is 0 Å². The average molecular weight is 401 g/mol. The van der Waals surface area contributed by atoms with E-state index >= 15 is 0 Å². The summed E-state index contributed by atoms with van der Waals surface area (Å²) in [4.78, 5) is 0. The standard InChI is InChI=1S/C15H15Br2NO2/c1-19-11-5-7-12(8-6-11)20-10-9-18-15-13(16)3-2-4-14(15)17/h2-8,18H,9-10H2,1H3. The zero-order valence-corrected chi connectivity index (χ0v) is 14.2. The Bertz CT molecular complexity index is 538. The fourth-order valence-corrected chi connectivity index (χ4v) is 2.96. The van der Waals surface area contributed by atoms with E-state index in [4.69, 9.17) is 9.47 Å². The second-order valence-corrected chi connectivity index (χ2v) is 5.76. The number of rotatable bonds is 6. The number of halogens is 2. The number of methoxy groups -OCH3 is 1. The minimum Gasteiger partial charge on any atom is -0.497 e. The van der Waals surface area contributed by atoms with Gasteiger partial charge in [0.05, 0.1) is 12.8 Å². The molecule has 2 rings (SSSR count). The maximum atomic E-state index is 5.66. The predicted molar refractivity (Wildman–Crippen MR) is 88.8 cm³/mol. The predicted octanol–water partition coefficient (Wildman–Crippen LogP) is 4.71. The van der Waals surface area contributed by atoms with Crippen LogP contribution in [-0.2, 0) is 0 Å². The van der Waals surface area contributed by atoms with E-state index in [0.29, 0.717) is 13.2 Å². The maximum Gasteiger partial charge on any atom is 0.119 e. The monoisotopic (exact) mass is 399 g/mol. The molecule has 0 aliphatic heterocycles. The minimum atomic E-state index is 0.583. The molecule has 0 fully saturated rings. The largest absolute Gasteiger partial charge is 0.497 e. The van der Waals surface area contributed by atoms with Crippen LogP contribution in [-0.4, -0.2) is 20.3 Å². The molecular weight excluding hydrogens is 386 g/mol. The third-order valence-corrected chi connectivity index (χ3v) is 4.02. The first-order valence-electron chi connectivity index (χ1n) is 6.15. The highest BCUT2D eigenvalue weighted by atomic mass is 79.9. The van der Waals surface area contributed by atoms with Gasteiger partial charge >= 0.3 is 0 Å². The Morgan fingerprint density at radius 3 is 2.15 bits per heavy atom. The number of ether oxygens (including phenoxy) is 2. The summed E-state index contributed by atoms with van der Waals surface area (Å²) in [6.07, 6.45) is 0. The SMILES string of the molecule is COc1ccc(OCCNc2c(Br)cccc2Br)cc1. The Labute approximate surface area is 135 Å². The van der Waals surface area contributed by atoms with Crippen LogP contribution in [0.2, 0.25) is 0 Å². The zero-order chi connectivity index (χ0) is 14.4. The molecule has 0 aliphatic rings. The highest BCUT2D eigenvalue weighted by Gasteiger charge is 2.03. The van der Waals surface area contributed by atoms with Crippen molar-refractivity contribution >= 4 is 37.5 Å². The van der Waals surface area contributed by atoms with Crippen LogP contribution in [0.4, 0.5) is 5.69 Å². The van der Waals surface area contributed by atoms with Crippen LogP contribution in [0.25, 0.3) is 0 Å². The fourth-order valence-electron chi connectivity index (χ4n) is 1.68. The van der Waals surface area contributed by atoms with E-state index in [9.17, 15) is 0 Å². The van der Waals surface area contributed by atoms with Crippen molar-refractivity contribution in [3.8, 4) is 11.5 Å². The van der Waals surface area contributed by atoms with Crippen molar-refractivity contribution < 1.29 is 9.47 Å². The maximum absolute atomic E-state index is 5.66. The van der Waals surface area contributed by atoms with Crippen molar-refractivity contribution in [2.24, 2.45) is 0 Å². The number of para-hydroxylation sites is 1. The lowest BCUT2D eigenvalue weighted by atomic mass is 10.3. The molecule has 5 heteroatoms. The van der Waals surface area contributed by atoms with Gasteiger partial charge in [-0.2, -0.15) is 0 Å². The molecular formula is C15H15Br2NO2. The van der Waals surface area contributed by atoms with E-state index < -0.39 is 0 Å². The molecule has 0 spiro atoms. The Morgan fingerprint density at radius 2 is 1.55 bits per heavy atom. The second kappa shape index (κ2) is 7.55. The summed E-state index contributed by atoms with van der Waals surface area (Å²) < 4.78 is 12.8. The van der Waals surface area contributed by atoms with Crippen molar-refractivity contribution in [2.75, 3.05) is 25.6 Å². The average Bonchev–Trinajstić information content (AvgIpc) is 2.46. The van der Waals surface area contributed by atoms with E-state index in [1.807, 2.05) is 42.5 Å². The van der Waals surface area contributed by atoms with Crippen LogP contribution in [0, 0.1) is 0 Å². The van der Waals surface area contributed by atoms with Gasteiger partial charge < -0.3 is 14.8 Å². The van der Waals surface area contributed by atoms with Crippen LogP contribution < -0.4 is 14.8 Å². The summed E-state index contributed by atoms with van der Waals surface area (Å²) in [6, 6.07) is 13.5. The molecule has 0 amide bonds. The second-order valence-electron chi connectivity index (χ2n) is 4.05. The van der Waals surface area contributed by atoms with E-state index in [1.54, 1.807) is 7.11 Å². The minimum absolute atomic E-state index is 0.583. The summed E-state index contributed by atoms with van der Waals surface area (Å²) >= 11 is 7.03. The molecule has 2 aromatic carbocycles. The van der Waals surface area contributed by atoms with Crippen LogP contribution in [0.5, 0.6) is 11.5 Å². The topological polar surface area (TPSA) is 30.5 Å². The van der Waals surface area contributed by atoms with E-state index in [-0.39, 0.29) is 0 Å². The lowest BCUT2D eigenvalue weighted by Gasteiger charge is -2.11. The molecule has 0 aromatic heterocycles. The molecule has 0 aliphatic carbocycles. The third kappa shape index (κ3) is 4.15. The van der Waals surface area contributed by atoms with Crippen molar-refractivity contribution in [1.82, 2.24) is 0 Å². The summed E-state index contributed by atoms with van der Waals surface area (Å²) in [5.74, 6) is 1.66. The summed E-state index contributed by atoms with van der Waals surface area (Å²) in [6.45, 7) is 1.30. The number of hydrogen-bond donors (Lipinski definition) is 1. The van der Waals surface area contributed by atoms with Gasteiger partial charge in [0.1, 0.15) is 18.1 Å². The lowest BCUT2D eigenvalue weighted by molar-refractivity contribution is 0.331. The molecule has 0 heterocycles. The van der Waals surface area contributed by atoms with Gasteiger partial charge in [-0.25, -0.2) is 0 Å². The molecule has 0 saturated heterocycles. The molecule has 106 valence electrons. The molecule has 1 N–H and O–H groups in total. The van der Waals surface area contributed by atoms with E-state index in [1.165, 1.54) is 0 Å². The van der Waals surface area contributed by atoms with Gasteiger partial charge in [-0.1, -0.05) is 6.07 Å². The molecule has 20 heavy (non-hydrogen) atoms. The normalized spacial score (nSPS) is 10.2. The van der Waals surface area contributed by atoms with Gasteiger partial charge in [-0.05, 0) is 68.3 Å². The first-order valence-corrected chi connectivity index (χ1v) is 7.74. The van der Waals surface area contributed by atoms with Crippen LogP contribution in [0.15, 0.2) is 51.4 Å². The lowest BCUT2D eigenvalue weighted by Crippen LogP contribution is -2.12. The van der Waals surface area contributed by atoms with Crippen molar-refractivity contribution in [2.45, 2.75) is 0 Å². The van der Waals surface area contributed by atoms with Gasteiger partial charge in [0, 0.05) is 15.5 Å². The van der Waals surface area contributed by atoms with Gasteiger partial charge in [-0.15, -0.1) is 0 Å². The highest BCUT2D eigenvalue weighted by molar-refractivity contribution is 9.11. The van der Waals surface area contributed by atoms with Crippen molar-refractivity contribution in [3.63, 3.8) is 0 Å². The molecule has 0 saturated carbocycles. The Morgan fingerprint density at radius 1 is 0.950 bits per heavy atom. The first-order chi connectivity index (χ1) is 9.70. The number of hydrogen-bond acceptors (Lipinski definition) is 3. The Kier molecular flexibility index (Phi) is 5.73. The molecule has 0 unspecified atom stereocenters. The van der Waals surface area contributed by atoms with Gasteiger partial charge in [0.2, 0.25) is 0 Å². The summed E-state index contributed by atoms with van der Waals surface area (Å²) in [5.41, 5.74) is 1.03. The molecule has 0 bridgehead atoms. The van der Waals surface area contributed by atoms with Gasteiger partial charge in [0.15, 0.2) is 0 Å². The van der Waals surface area contributed by atoms with Crippen molar-refractivity contribution in [1.29, 1.82) is 0 Å². The Balaban J connectivity index is 1.81. The van der Waals surface area contributed by atoms with Crippen LogP contribution >= 0.6 is 31.9 Å². The molecule has 2 aromatic rings. The molecule has 0 atom stereocenters. The first kappa shape index (κ1) is 15.2. The zero-order valence-electron chi connectivity index (χ0n) is 11.0. The Hall–Kier alpha value is -1.20.